The minimum atomic E-state index is -4.45. The number of rotatable bonds is 8. The van der Waals surface area contributed by atoms with Gasteiger partial charge in [0.15, 0.2) is 0 Å². The first-order valence-electron chi connectivity index (χ1n) is 14.8. The normalized spacial score (nSPS) is 15.3. The summed E-state index contributed by atoms with van der Waals surface area (Å²) in [6.07, 6.45) is -4.45. The first kappa shape index (κ1) is 34.4. The monoisotopic (exact) mass is 646 g/mol. The van der Waals surface area contributed by atoms with Crippen molar-refractivity contribution in [2.45, 2.75) is 32.4 Å². The van der Waals surface area contributed by atoms with E-state index in [0.717, 1.165) is 23.3 Å². The van der Waals surface area contributed by atoms with Gasteiger partial charge in [0.05, 0.1) is 16.8 Å². The Morgan fingerprint density at radius 1 is 0.872 bits per heavy atom. The molecule has 2 N–H and O–H groups in total. The van der Waals surface area contributed by atoms with Crippen molar-refractivity contribution in [2.75, 3.05) is 25.0 Å². The van der Waals surface area contributed by atoms with Crippen LogP contribution in [0.4, 0.5) is 18.9 Å². The molecule has 0 saturated carbocycles. The van der Waals surface area contributed by atoms with Crippen LogP contribution < -0.4 is 5.32 Å². The summed E-state index contributed by atoms with van der Waals surface area (Å²) in [5, 5.41) is 11.9. The van der Waals surface area contributed by atoms with Crippen molar-refractivity contribution < 1.29 is 42.2 Å². The number of halogens is 3. The van der Waals surface area contributed by atoms with Gasteiger partial charge in [0.2, 0.25) is 11.3 Å². The van der Waals surface area contributed by atoms with Gasteiger partial charge in [-0.25, -0.2) is 4.79 Å². The van der Waals surface area contributed by atoms with Gasteiger partial charge in [-0.1, -0.05) is 72.3 Å². The Morgan fingerprint density at radius 2 is 1.49 bits per heavy atom. The summed E-state index contributed by atoms with van der Waals surface area (Å²) in [5.74, 6) is -2.34. The molecule has 1 aliphatic heterocycles. The minimum absolute atomic E-state index is 0.0506. The standard InChI is InChI=1S/C22H16F3NO3.C14H17NO3/c1-13-6-11-19(18(12-13)21(28)29)26-20(27)17-5-3-2-4-16(17)14-7-9-15(10-8-14)22(23,24)25;1-3-15(4-2)12(16)14(10-18-13(14)17)11-8-6-5-7-9-11/h2-12H,1H3,(H,26,27)(H,28,29);5-9H,3-4,10H2,1-2H3. The van der Waals surface area contributed by atoms with Crippen molar-refractivity contribution in [1.82, 2.24) is 4.90 Å². The number of hydrogen-bond acceptors (Lipinski definition) is 5. The smallest absolute Gasteiger partial charge is 0.416 e. The molecule has 0 aromatic heterocycles. The van der Waals surface area contributed by atoms with Crippen LogP contribution in [0.2, 0.25) is 0 Å². The van der Waals surface area contributed by atoms with E-state index in [2.05, 4.69) is 5.32 Å². The van der Waals surface area contributed by atoms with Gasteiger partial charge >= 0.3 is 18.1 Å². The number of carbonyl (C=O) groups excluding carboxylic acids is 3. The van der Waals surface area contributed by atoms with Crippen molar-refractivity contribution in [3.8, 4) is 11.1 Å². The maximum Gasteiger partial charge on any atom is 0.416 e. The Morgan fingerprint density at radius 3 is 2.02 bits per heavy atom. The van der Waals surface area contributed by atoms with Crippen molar-refractivity contribution in [3.05, 3.63) is 125 Å². The molecule has 0 aliphatic carbocycles. The van der Waals surface area contributed by atoms with E-state index in [1.807, 2.05) is 44.2 Å². The molecular formula is C36H33F3N2O6. The van der Waals surface area contributed by atoms with Gasteiger partial charge in [0, 0.05) is 18.7 Å². The van der Waals surface area contributed by atoms with Crippen LogP contribution in [-0.4, -0.2) is 53.5 Å². The van der Waals surface area contributed by atoms with E-state index in [-0.39, 0.29) is 29.3 Å². The number of hydrogen-bond donors (Lipinski definition) is 2. The number of benzene rings is 4. The Labute approximate surface area is 269 Å². The summed E-state index contributed by atoms with van der Waals surface area (Å²) >= 11 is 0. The molecule has 5 rings (SSSR count). The Balaban J connectivity index is 0.000000238. The lowest BCUT2D eigenvalue weighted by Gasteiger charge is -2.40. The lowest BCUT2D eigenvalue weighted by Crippen LogP contribution is -2.62. The van der Waals surface area contributed by atoms with Gasteiger partial charge < -0.3 is 20.1 Å². The maximum atomic E-state index is 12.8. The predicted molar refractivity (Wildman–Crippen MR) is 170 cm³/mol. The first-order chi connectivity index (χ1) is 22.3. The van der Waals surface area contributed by atoms with Crippen molar-refractivity contribution >= 4 is 29.4 Å². The third-order valence-corrected chi connectivity index (χ3v) is 7.80. The molecule has 2 amide bonds. The van der Waals surface area contributed by atoms with E-state index in [1.165, 1.54) is 30.3 Å². The van der Waals surface area contributed by atoms with Gasteiger partial charge in [0.1, 0.15) is 6.61 Å². The lowest BCUT2D eigenvalue weighted by molar-refractivity contribution is -0.181. The van der Waals surface area contributed by atoms with Crippen LogP contribution in [0, 0.1) is 6.92 Å². The molecule has 1 unspecified atom stereocenters. The van der Waals surface area contributed by atoms with E-state index < -0.39 is 35.0 Å². The zero-order valence-corrected chi connectivity index (χ0v) is 25.9. The number of nitrogens with one attached hydrogen (secondary N) is 1. The highest BCUT2D eigenvalue weighted by Gasteiger charge is 2.58. The molecule has 8 nitrogen and oxygen atoms in total. The highest BCUT2D eigenvalue weighted by Crippen LogP contribution is 2.36. The van der Waals surface area contributed by atoms with E-state index in [9.17, 15) is 37.5 Å². The van der Waals surface area contributed by atoms with Crippen LogP contribution in [0.3, 0.4) is 0 Å². The molecule has 244 valence electrons. The summed E-state index contributed by atoms with van der Waals surface area (Å²) < 4.78 is 43.2. The molecule has 1 heterocycles. The number of carbonyl (C=O) groups is 4. The predicted octanol–water partition coefficient (Wildman–Crippen LogP) is 6.98. The summed E-state index contributed by atoms with van der Waals surface area (Å²) in [7, 11) is 0. The van der Waals surface area contributed by atoms with E-state index in [4.69, 9.17) is 4.74 Å². The van der Waals surface area contributed by atoms with Gasteiger partial charge in [-0.3, -0.25) is 14.4 Å². The number of amides is 2. The van der Waals surface area contributed by atoms with E-state index in [1.54, 1.807) is 36.1 Å². The number of nitrogens with zero attached hydrogens (tertiary/aromatic N) is 1. The highest BCUT2D eigenvalue weighted by molar-refractivity contribution is 6.12. The summed E-state index contributed by atoms with van der Waals surface area (Å²) in [5.41, 5.74) is 0.712. The second kappa shape index (κ2) is 14.3. The molecule has 4 aromatic rings. The molecule has 11 heteroatoms. The second-order valence-corrected chi connectivity index (χ2v) is 10.8. The molecular weight excluding hydrogens is 613 g/mol. The topological polar surface area (TPSA) is 113 Å². The number of alkyl halides is 3. The molecule has 0 spiro atoms. The summed E-state index contributed by atoms with van der Waals surface area (Å²) in [6.45, 7) is 6.88. The fraction of sp³-hybridized carbons (Fsp3) is 0.222. The minimum Gasteiger partial charge on any atom is -0.478 e. The summed E-state index contributed by atoms with van der Waals surface area (Å²) in [4.78, 5) is 50.3. The number of carboxylic acid groups (broad SMARTS) is 1. The zero-order valence-electron chi connectivity index (χ0n) is 25.9. The van der Waals surface area contributed by atoms with Crippen molar-refractivity contribution in [2.24, 2.45) is 0 Å². The van der Waals surface area contributed by atoms with E-state index in [0.29, 0.717) is 24.2 Å². The van der Waals surface area contributed by atoms with Crippen molar-refractivity contribution in [3.63, 3.8) is 0 Å². The number of esters is 1. The Bertz CT molecular complexity index is 1770. The van der Waals surface area contributed by atoms with Crippen LogP contribution in [0.5, 0.6) is 0 Å². The van der Waals surface area contributed by atoms with Crippen LogP contribution in [0.25, 0.3) is 11.1 Å². The molecule has 4 aromatic carbocycles. The van der Waals surface area contributed by atoms with Crippen LogP contribution >= 0.6 is 0 Å². The highest BCUT2D eigenvalue weighted by atomic mass is 19.4. The number of aromatic carboxylic acids is 1. The molecule has 1 atom stereocenters. The molecule has 0 radical (unpaired) electrons. The van der Waals surface area contributed by atoms with Gasteiger partial charge in [-0.15, -0.1) is 0 Å². The average Bonchev–Trinajstić information content (AvgIpc) is 3.06. The number of anilines is 1. The average molecular weight is 647 g/mol. The Kier molecular flexibility index (Phi) is 10.5. The molecule has 1 aliphatic rings. The van der Waals surface area contributed by atoms with Crippen LogP contribution in [-0.2, 0) is 25.9 Å². The van der Waals surface area contributed by atoms with Crippen LogP contribution in [0.1, 0.15) is 51.3 Å². The molecule has 1 saturated heterocycles. The fourth-order valence-electron chi connectivity index (χ4n) is 5.16. The SMILES string of the molecule is CCN(CC)C(=O)C1(c2ccccc2)COC1=O.Cc1ccc(NC(=O)c2ccccc2-c2ccc(C(F)(F)F)cc2)c(C(=O)O)c1. The van der Waals surface area contributed by atoms with Crippen LogP contribution in [0.15, 0.2) is 97.1 Å². The molecule has 1 fully saturated rings. The van der Waals surface area contributed by atoms with Crippen molar-refractivity contribution in [1.29, 1.82) is 0 Å². The zero-order chi connectivity index (χ0) is 34.4. The number of ether oxygens (including phenoxy) is 1. The third kappa shape index (κ3) is 7.35. The fourth-order valence-corrected chi connectivity index (χ4v) is 5.16. The number of likely N-dealkylation sites (N-methyl/N-ethyl adjacent to an activating group) is 1. The first-order valence-corrected chi connectivity index (χ1v) is 14.8. The Hall–Kier alpha value is -5.45. The second-order valence-electron chi connectivity index (χ2n) is 10.8. The van der Waals surface area contributed by atoms with Gasteiger partial charge in [-0.2, -0.15) is 13.2 Å². The number of carboxylic acids is 1. The molecule has 47 heavy (non-hydrogen) atoms. The lowest BCUT2D eigenvalue weighted by atomic mass is 9.76. The maximum absolute atomic E-state index is 12.8. The third-order valence-electron chi connectivity index (χ3n) is 7.80. The number of aryl methyl sites for hydroxylation is 1. The quantitative estimate of drug-likeness (QED) is 0.158. The summed E-state index contributed by atoms with van der Waals surface area (Å²) in [6, 6.07) is 24.7. The van der Waals surface area contributed by atoms with E-state index >= 15 is 0 Å². The number of cyclic esters (lactones) is 1. The molecule has 0 bridgehead atoms. The van der Waals surface area contributed by atoms with Gasteiger partial charge in [0.25, 0.3) is 5.91 Å². The van der Waals surface area contributed by atoms with Gasteiger partial charge in [-0.05, 0) is 67.8 Å². The largest absolute Gasteiger partial charge is 0.478 e.